The average molecular weight is 487 g/mol. The van der Waals surface area contributed by atoms with Gasteiger partial charge in [-0.25, -0.2) is 4.98 Å². The number of fused-ring (bicyclic) bond motifs is 6. The molecule has 0 amide bonds. The summed E-state index contributed by atoms with van der Waals surface area (Å²) in [4.78, 5) is 9.77. The van der Waals surface area contributed by atoms with Gasteiger partial charge in [-0.2, -0.15) is 0 Å². The molecule has 0 saturated heterocycles. The summed E-state index contributed by atoms with van der Waals surface area (Å²) >= 11 is 1.83. The minimum Gasteiger partial charge on any atom is -0.506 e. The van der Waals surface area contributed by atoms with Crippen LogP contribution in [0.3, 0.4) is 0 Å². The monoisotopic (exact) mass is 486 g/mol. The van der Waals surface area contributed by atoms with Crippen LogP contribution in [-0.4, -0.2) is 15.1 Å². The second-order valence-electron chi connectivity index (χ2n) is 9.12. The van der Waals surface area contributed by atoms with Crippen molar-refractivity contribution in [3.63, 3.8) is 0 Å². The predicted octanol–water partition coefficient (Wildman–Crippen LogP) is 7.61. The van der Waals surface area contributed by atoms with Crippen molar-refractivity contribution >= 4 is 27.7 Å². The number of hydrogen-bond donors (Lipinski definition) is 1. The molecule has 5 aromatic rings. The summed E-state index contributed by atoms with van der Waals surface area (Å²) < 4.78 is 6.11. The third kappa shape index (κ3) is 3.64. The number of benzene rings is 4. The van der Waals surface area contributed by atoms with Crippen molar-refractivity contribution in [2.24, 2.45) is 4.99 Å². The molecular weight excluding hydrogens is 464 g/mol. The average Bonchev–Trinajstić information content (AvgIpc) is 3.30. The number of aromatic nitrogens is 1. The number of rotatable bonds is 3. The van der Waals surface area contributed by atoms with Gasteiger partial charge in [0.05, 0.1) is 16.3 Å². The van der Waals surface area contributed by atoms with E-state index in [1.165, 1.54) is 22.3 Å². The highest BCUT2D eigenvalue weighted by molar-refractivity contribution is 8.14. The van der Waals surface area contributed by atoms with Crippen molar-refractivity contribution in [2.75, 3.05) is 0 Å². The van der Waals surface area contributed by atoms with Crippen molar-refractivity contribution in [3.8, 4) is 17.4 Å². The summed E-state index contributed by atoms with van der Waals surface area (Å²) in [6.45, 7) is 0. The standard InChI is InChI=1S/C31H22N2O2S/c34-26-14-6-9-19-15-16-27(32-28(19)26)35-23-11-5-10-22(18-23)31-33-29-24-12-3-1-7-20(24)17-21-8-2-4-13-25(21)30(29)36-31/h1-16,18,29-30,34H,17H2/t29-,30+/m0/s1. The Morgan fingerprint density at radius 3 is 2.44 bits per heavy atom. The highest BCUT2D eigenvalue weighted by Crippen LogP contribution is 2.53. The van der Waals surface area contributed by atoms with Gasteiger partial charge < -0.3 is 9.84 Å². The number of phenolic OH excluding ortho intramolecular Hbond substituents is 1. The number of pyridine rings is 1. The van der Waals surface area contributed by atoms with E-state index >= 15 is 0 Å². The van der Waals surface area contributed by atoms with E-state index in [-0.39, 0.29) is 17.0 Å². The van der Waals surface area contributed by atoms with Gasteiger partial charge in [-0.3, -0.25) is 4.99 Å². The maximum Gasteiger partial charge on any atom is 0.219 e. The number of nitrogens with zero attached hydrogens (tertiary/aromatic N) is 2. The van der Waals surface area contributed by atoms with Gasteiger partial charge in [0.1, 0.15) is 17.0 Å². The number of hydrogen-bond acceptors (Lipinski definition) is 5. The van der Waals surface area contributed by atoms with Crippen molar-refractivity contribution in [2.45, 2.75) is 17.7 Å². The molecule has 0 saturated carbocycles. The van der Waals surface area contributed by atoms with Crippen LogP contribution in [0.2, 0.25) is 0 Å². The Kier molecular flexibility index (Phi) is 5.03. The van der Waals surface area contributed by atoms with Gasteiger partial charge in [0.2, 0.25) is 5.88 Å². The Morgan fingerprint density at radius 1 is 0.778 bits per heavy atom. The Hall–Kier alpha value is -4.09. The molecule has 2 atom stereocenters. The van der Waals surface area contributed by atoms with Gasteiger partial charge in [-0.15, -0.1) is 0 Å². The summed E-state index contributed by atoms with van der Waals surface area (Å²) in [6, 6.07) is 34.6. The van der Waals surface area contributed by atoms with E-state index in [0.717, 1.165) is 22.4 Å². The molecule has 0 radical (unpaired) electrons. The maximum atomic E-state index is 10.2. The smallest absolute Gasteiger partial charge is 0.219 e. The molecule has 1 aliphatic heterocycles. The fourth-order valence-corrected chi connectivity index (χ4v) is 6.53. The summed E-state index contributed by atoms with van der Waals surface area (Å²) in [5, 5.41) is 12.3. The SMILES string of the molecule is Oc1cccc2ccc(Oc3cccc(C4=N[C@H]5c6ccccc6Cc6ccccc6[C@H]5S4)c3)nc12. The van der Waals surface area contributed by atoms with Gasteiger partial charge in [-0.05, 0) is 52.9 Å². The third-order valence-electron chi connectivity index (χ3n) is 6.87. The van der Waals surface area contributed by atoms with E-state index in [4.69, 9.17) is 9.73 Å². The Labute approximate surface area is 213 Å². The van der Waals surface area contributed by atoms with Crippen molar-refractivity contribution in [1.29, 1.82) is 0 Å². The van der Waals surface area contributed by atoms with Gasteiger partial charge >= 0.3 is 0 Å². The molecule has 2 heterocycles. The number of ether oxygens (including phenoxy) is 1. The summed E-state index contributed by atoms with van der Waals surface area (Å²) in [7, 11) is 0. The topological polar surface area (TPSA) is 54.7 Å². The highest BCUT2D eigenvalue weighted by atomic mass is 32.2. The normalized spacial score (nSPS) is 18.1. The summed E-state index contributed by atoms with van der Waals surface area (Å²) in [5.41, 5.74) is 6.97. The molecule has 36 heavy (non-hydrogen) atoms. The fraction of sp³-hybridized carbons (Fsp3) is 0.0968. The largest absolute Gasteiger partial charge is 0.506 e. The highest BCUT2D eigenvalue weighted by Gasteiger charge is 2.37. The number of aliphatic imine (C=N–C) groups is 1. The quantitative estimate of drug-likeness (QED) is 0.285. The number of phenols is 1. The molecule has 4 aromatic carbocycles. The van der Waals surface area contributed by atoms with Crippen LogP contribution in [-0.2, 0) is 6.42 Å². The van der Waals surface area contributed by atoms with Crippen LogP contribution in [0.15, 0.2) is 108 Å². The Bertz CT molecular complexity index is 1660. The molecule has 0 spiro atoms. The molecule has 0 unspecified atom stereocenters. The minimum atomic E-state index is 0.0829. The zero-order chi connectivity index (χ0) is 24.1. The zero-order valence-corrected chi connectivity index (χ0v) is 20.2. The minimum absolute atomic E-state index is 0.0829. The van der Waals surface area contributed by atoms with Crippen LogP contribution in [0.1, 0.15) is 39.1 Å². The Balaban J connectivity index is 1.24. The molecule has 174 valence electrons. The van der Waals surface area contributed by atoms with E-state index in [1.807, 2.05) is 48.2 Å². The molecule has 1 aromatic heterocycles. The van der Waals surface area contributed by atoms with E-state index < -0.39 is 0 Å². The lowest BCUT2D eigenvalue weighted by molar-refractivity contribution is 0.460. The van der Waals surface area contributed by atoms with Crippen molar-refractivity contribution < 1.29 is 9.84 Å². The van der Waals surface area contributed by atoms with Gasteiger partial charge in [0.15, 0.2) is 0 Å². The lowest BCUT2D eigenvalue weighted by Gasteiger charge is -2.17. The molecule has 1 aliphatic carbocycles. The van der Waals surface area contributed by atoms with E-state index in [9.17, 15) is 5.11 Å². The second-order valence-corrected chi connectivity index (χ2v) is 10.3. The number of thioether (sulfide) groups is 1. The first-order chi connectivity index (χ1) is 17.7. The lowest BCUT2D eigenvalue weighted by Crippen LogP contribution is -2.02. The van der Waals surface area contributed by atoms with Gasteiger partial charge in [-0.1, -0.05) is 84.6 Å². The third-order valence-corrected chi connectivity index (χ3v) is 8.20. The lowest BCUT2D eigenvalue weighted by atomic mass is 9.98. The Morgan fingerprint density at radius 2 is 1.56 bits per heavy atom. The zero-order valence-electron chi connectivity index (χ0n) is 19.3. The maximum absolute atomic E-state index is 10.2. The summed E-state index contributed by atoms with van der Waals surface area (Å²) in [6.07, 6.45) is 0.947. The first-order valence-corrected chi connectivity index (χ1v) is 12.9. The van der Waals surface area contributed by atoms with Crippen molar-refractivity contribution in [3.05, 3.63) is 131 Å². The molecule has 7 rings (SSSR count). The van der Waals surface area contributed by atoms with Crippen LogP contribution in [0.4, 0.5) is 0 Å². The molecule has 0 fully saturated rings. The van der Waals surface area contributed by atoms with Crippen LogP contribution < -0.4 is 4.74 Å². The number of aromatic hydroxyl groups is 1. The van der Waals surface area contributed by atoms with Crippen molar-refractivity contribution in [1.82, 2.24) is 4.98 Å². The second kappa shape index (κ2) is 8.54. The molecule has 4 nitrogen and oxygen atoms in total. The van der Waals surface area contributed by atoms with Crippen LogP contribution in [0.5, 0.6) is 17.4 Å². The molecule has 2 aliphatic rings. The van der Waals surface area contributed by atoms with Crippen LogP contribution >= 0.6 is 11.8 Å². The van der Waals surface area contributed by atoms with Gasteiger partial charge in [0, 0.05) is 17.0 Å². The first-order valence-electron chi connectivity index (χ1n) is 12.0. The van der Waals surface area contributed by atoms with Crippen LogP contribution in [0.25, 0.3) is 10.9 Å². The molecule has 5 heteroatoms. The fourth-order valence-electron chi connectivity index (χ4n) is 5.16. The van der Waals surface area contributed by atoms with Crippen LogP contribution in [0, 0.1) is 0 Å². The molecule has 1 N–H and O–H groups in total. The summed E-state index contributed by atoms with van der Waals surface area (Å²) in [5.74, 6) is 1.27. The molecule has 0 bridgehead atoms. The van der Waals surface area contributed by atoms with E-state index in [1.54, 1.807) is 12.1 Å². The van der Waals surface area contributed by atoms with E-state index in [2.05, 4.69) is 59.6 Å². The molecular formula is C31H22N2O2S. The number of para-hydroxylation sites is 1. The van der Waals surface area contributed by atoms with Gasteiger partial charge in [0.25, 0.3) is 0 Å². The first kappa shape index (κ1) is 21.2. The predicted molar refractivity (Wildman–Crippen MR) is 145 cm³/mol. The van der Waals surface area contributed by atoms with E-state index in [0.29, 0.717) is 17.1 Å².